The Morgan fingerprint density at radius 2 is 1.64 bits per heavy atom. The molecule has 5 rings (SSSR count). The Balaban J connectivity index is 1.19. The first-order chi connectivity index (χ1) is 22.7. The number of aryl methyl sites for hydroxylation is 1. The lowest BCUT2D eigenvalue weighted by atomic mass is 9.98. The van der Waals surface area contributed by atoms with Crippen LogP contribution in [0.4, 0.5) is 4.79 Å². The van der Waals surface area contributed by atoms with E-state index in [-0.39, 0.29) is 31.3 Å². The molecule has 2 atom stereocenters. The number of fused-ring (bicyclic) bond motifs is 3. The zero-order chi connectivity index (χ0) is 33.4. The van der Waals surface area contributed by atoms with Crippen LogP contribution in [0.15, 0.2) is 89.3 Å². The number of amides is 1. The fraction of sp³-hybridized carbons (Fsp3) is 0.314. The van der Waals surface area contributed by atoms with Gasteiger partial charge in [0.15, 0.2) is 0 Å². The summed E-state index contributed by atoms with van der Waals surface area (Å²) < 4.78 is 38.2. The van der Waals surface area contributed by atoms with Crippen LogP contribution < -0.4 is 9.84 Å². The topological polar surface area (TPSA) is 128 Å². The van der Waals surface area contributed by atoms with Crippen LogP contribution in [-0.2, 0) is 31.6 Å². The van der Waals surface area contributed by atoms with Gasteiger partial charge in [-0.25, -0.2) is 18.8 Å². The first kappa shape index (κ1) is 34.3. The number of benzene rings is 3. The molecule has 4 aromatic rings. The van der Waals surface area contributed by atoms with Crippen molar-refractivity contribution in [2.24, 2.45) is 0 Å². The summed E-state index contributed by atoms with van der Waals surface area (Å²) in [6.45, 7) is 2.26. The Morgan fingerprint density at radius 3 is 2.23 bits per heavy atom. The number of ether oxygens (including phenoxy) is 1. The maximum absolute atomic E-state index is 13.9. The monoisotopic (exact) mass is 680 g/mol. The van der Waals surface area contributed by atoms with E-state index in [1.165, 1.54) is 4.67 Å². The molecule has 0 spiro atoms. The lowest BCUT2D eigenvalue weighted by Crippen LogP contribution is -2.42. The molecule has 3 aromatic carbocycles. The summed E-state index contributed by atoms with van der Waals surface area (Å²) in [5, 5.41) is 12.3. The number of alkyl carbamates (subject to hydrolysis) is 1. The van der Waals surface area contributed by atoms with Gasteiger partial charge >= 0.3 is 19.8 Å². The van der Waals surface area contributed by atoms with Crippen LogP contribution in [-0.4, -0.2) is 54.0 Å². The van der Waals surface area contributed by atoms with E-state index >= 15 is 0 Å². The molecule has 1 aliphatic carbocycles. The van der Waals surface area contributed by atoms with Gasteiger partial charge in [-0.2, -0.15) is 0 Å². The van der Waals surface area contributed by atoms with Crippen molar-refractivity contribution in [1.82, 2.24) is 9.99 Å². The second-order valence-corrected chi connectivity index (χ2v) is 13.8. The van der Waals surface area contributed by atoms with Gasteiger partial charge in [-0.1, -0.05) is 60.7 Å². The number of halogens is 1. The molecule has 0 saturated heterocycles. The van der Waals surface area contributed by atoms with Crippen molar-refractivity contribution in [3.63, 3.8) is 0 Å². The average Bonchev–Trinajstić information content (AvgIpc) is 3.63. The number of unbranched alkanes of at least 4 members (excludes halogenated alkanes) is 1. The van der Waals surface area contributed by atoms with Crippen molar-refractivity contribution in [3.8, 4) is 16.9 Å². The van der Waals surface area contributed by atoms with Crippen LogP contribution in [0.25, 0.3) is 11.1 Å². The Labute approximate surface area is 279 Å². The van der Waals surface area contributed by atoms with Gasteiger partial charge in [0.1, 0.15) is 36.5 Å². The Morgan fingerprint density at radius 1 is 0.979 bits per heavy atom. The third-order valence-electron chi connectivity index (χ3n) is 7.97. The number of alkyl halides is 1. The second kappa shape index (κ2) is 15.7. The normalized spacial score (nSPS) is 14.2. The van der Waals surface area contributed by atoms with Gasteiger partial charge in [-0.15, -0.1) is 11.6 Å². The number of hydrogen-bond acceptors (Lipinski definition) is 7. The molecule has 1 aromatic heterocycles. The van der Waals surface area contributed by atoms with E-state index in [4.69, 9.17) is 29.8 Å². The van der Waals surface area contributed by atoms with Gasteiger partial charge in [-0.3, -0.25) is 4.52 Å². The minimum atomic E-state index is -3.80. The minimum absolute atomic E-state index is 0.00978. The summed E-state index contributed by atoms with van der Waals surface area (Å²) in [6, 6.07) is 24.7. The largest absolute Gasteiger partial charge is 0.480 e. The van der Waals surface area contributed by atoms with E-state index in [1.807, 2.05) is 55.5 Å². The van der Waals surface area contributed by atoms with Crippen LogP contribution in [0.1, 0.15) is 47.0 Å². The number of carbonyl (C=O) groups is 2. The second-order valence-electron chi connectivity index (χ2n) is 11.3. The summed E-state index contributed by atoms with van der Waals surface area (Å²) in [5.41, 5.74) is 4.93. The molecule has 0 radical (unpaired) electrons. The molecule has 248 valence electrons. The zero-order valence-electron chi connectivity index (χ0n) is 26.3. The van der Waals surface area contributed by atoms with Crippen LogP contribution in [0.3, 0.4) is 0 Å². The molecule has 47 heavy (non-hydrogen) atoms. The number of aliphatic carboxylic acids is 1. The smallest absolute Gasteiger partial charge is 0.461 e. The molecular weight excluding hydrogens is 643 g/mol. The maximum Gasteiger partial charge on any atom is 0.461 e. The molecule has 1 aliphatic rings. The number of furan rings is 1. The van der Waals surface area contributed by atoms with Crippen molar-refractivity contribution >= 4 is 31.4 Å². The minimum Gasteiger partial charge on any atom is -0.480 e. The number of carboxylic acid groups (broad SMARTS) is 1. The predicted octanol–water partition coefficient (Wildman–Crippen LogP) is 7.78. The standard InChI is InChI=1S/C35H38ClN2O8P/c1-24-13-16-27(45-24)22-44-47(42,38(2)20-8-7-19-36)46-26-17-14-25(15-18-26)21-33(34(39)40)37-35(41)43-23-32-30-11-5-3-9-28(30)29-10-4-6-12-31(29)32/h3-6,9-18,32-33H,7-8,19-23H2,1-2H3,(H,37,41)(H,39,40)/t33-,47?/m0/s1. The average molecular weight is 681 g/mol. The summed E-state index contributed by atoms with van der Waals surface area (Å²) in [7, 11) is -2.15. The van der Waals surface area contributed by atoms with Crippen LogP contribution >= 0.6 is 19.3 Å². The first-order valence-corrected chi connectivity index (χ1v) is 17.4. The highest BCUT2D eigenvalue weighted by atomic mass is 35.5. The van der Waals surface area contributed by atoms with Crippen molar-refractivity contribution < 1.29 is 37.5 Å². The van der Waals surface area contributed by atoms with E-state index in [2.05, 4.69) is 5.32 Å². The summed E-state index contributed by atoms with van der Waals surface area (Å²) >= 11 is 5.82. The Kier molecular flexibility index (Phi) is 11.4. The summed E-state index contributed by atoms with van der Waals surface area (Å²) in [4.78, 5) is 24.9. The van der Waals surface area contributed by atoms with Gasteiger partial charge in [0, 0.05) is 24.8 Å². The van der Waals surface area contributed by atoms with Crippen LogP contribution in [0.2, 0.25) is 0 Å². The fourth-order valence-corrected chi connectivity index (χ4v) is 7.14. The lowest BCUT2D eigenvalue weighted by molar-refractivity contribution is -0.139. The number of hydrogen-bond donors (Lipinski definition) is 2. The molecule has 1 unspecified atom stereocenters. The molecule has 12 heteroatoms. The lowest BCUT2D eigenvalue weighted by Gasteiger charge is -2.27. The van der Waals surface area contributed by atoms with Crippen molar-refractivity contribution in [1.29, 1.82) is 0 Å². The molecule has 0 bridgehead atoms. The van der Waals surface area contributed by atoms with Gasteiger partial charge in [-0.05, 0) is 78.9 Å². The van der Waals surface area contributed by atoms with Gasteiger partial charge in [0.05, 0.1) is 0 Å². The molecule has 10 nitrogen and oxygen atoms in total. The molecule has 0 saturated carbocycles. The first-order valence-electron chi connectivity index (χ1n) is 15.4. The van der Waals surface area contributed by atoms with Gasteiger partial charge in [0.25, 0.3) is 0 Å². The van der Waals surface area contributed by atoms with Crippen molar-refractivity contribution in [2.45, 2.75) is 44.8 Å². The van der Waals surface area contributed by atoms with E-state index in [0.29, 0.717) is 35.9 Å². The number of carbonyl (C=O) groups excluding carboxylic acids is 1. The van der Waals surface area contributed by atoms with Crippen LogP contribution in [0.5, 0.6) is 5.75 Å². The van der Waals surface area contributed by atoms with Crippen molar-refractivity contribution in [3.05, 3.63) is 113 Å². The maximum atomic E-state index is 13.9. The van der Waals surface area contributed by atoms with E-state index in [9.17, 15) is 19.3 Å². The summed E-state index contributed by atoms with van der Waals surface area (Å²) in [5.74, 6) is 0.626. The molecule has 2 N–H and O–H groups in total. The highest BCUT2D eigenvalue weighted by Gasteiger charge is 2.33. The highest BCUT2D eigenvalue weighted by molar-refractivity contribution is 7.51. The molecule has 1 heterocycles. The quantitative estimate of drug-likeness (QED) is 0.0693. The van der Waals surface area contributed by atoms with E-state index in [0.717, 1.165) is 28.7 Å². The third kappa shape index (κ3) is 8.64. The number of rotatable bonds is 16. The summed E-state index contributed by atoms with van der Waals surface area (Å²) in [6.07, 6.45) is 0.612. The zero-order valence-corrected chi connectivity index (χ0v) is 27.9. The molecule has 0 aliphatic heterocycles. The third-order valence-corrected chi connectivity index (χ3v) is 10.2. The Hall–Kier alpha value is -4.08. The molecular formula is C35H38ClN2O8P. The predicted molar refractivity (Wildman–Crippen MR) is 179 cm³/mol. The highest BCUT2D eigenvalue weighted by Crippen LogP contribution is 2.52. The van der Waals surface area contributed by atoms with Crippen molar-refractivity contribution in [2.75, 3.05) is 26.1 Å². The van der Waals surface area contributed by atoms with E-state index < -0.39 is 25.9 Å². The number of nitrogens with one attached hydrogen (secondary N) is 1. The SMILES string of the molecule is Cc1ccc(COP(=O)(Oc2ccc(C[C@H](NC(=O)OCC3c4ccccc4-c4ccccc43)C(=O)O)cc2)N(C)CCCCCl)o1. The van der Waals surface area contributed by atoms with Gasteiger partial charge in [0.2, 0.25) is 0 Å². The number of carboxylic acids is 1. The molecule has 1 amide bonds. The van der Waals surface area contributed by atoms with E-state index in [1.54, 1.807) is 43.4 Å². The molecule has 0 fully saturated rings. The van der Waals surface area contributed by atoms with Crippen LogP contribution in [0, 0.1) is 6.92 Å². The van der Waals surface area contributed by atoms with Gasteiger partial charge < -0.3 is 24.1 Å². The number of nitrogens with zero attached hydrogens (tertiary/aromatic N) is 1. The Bertz CT molecular complexity index is 1680. The fourth-order valence-electron chi connectivity index (χ4n) is 5.50.